The minimum atomic E-state index is -0.246. The summed E-state index contributed by atoms with van der Waals surface area (Å²) in [6.07, 6.45) is 0. The van der Waals surface area contributed by atoms with E-state index in [0.717, 1.165) is 22.4 Å². The topological polar surface area (TPSA) is 67.0 Å². The lowest BCUT2D eigenvalue weighted by Crippen LogP contribution is -2.14. The van der Waals surface area contributed by atoms with Crippen LogP contribution in [0.15, 0.2) is 48.5 Å². The smallest absolute Gasteiger partial charge is 0.260 e. The van der Waals surface area contributed by atoms with Gasteiger partial charge in [-0.05, 0) is 38.5 Å². The van der Waals surface area contributed by atoms with E-state index < -0.39 is 0 Å². The number of hydrogen-bond acceptors (Lipinski definition) is 3. The quantitative estimate of drug-likeness (QED) is 0.728. The third-order valence-corrected chi connectivity index (χ3v) is 3.92. The summed E-state index contributed by atoms with van der Waals surface area (Å²) in [6.45, 7) is 6.37. The molecule has 0 aliphatic heterocycles. The summed E-state index contributed by atoms with van der Waals surface area (Å²) in [5, 5.41) is 10.1. The van der Waals surface area contributed by atoms with E-state index in [0.29, 0.717) is 23.7 Å². The molecular formula is C20H21N3O2. The van der Waals surface area contributed by atoms with Crippen LogP contribution < -0.4 is 10.1 Å². The molecule has 0 aliphatic carbocycles. The number of amides is 1. The molecule has 3 aromatic rings. The van der Waals surface area contributed by atoms with Crippen LogP contribution in [0.2, 0.25) is 0 Å². The molecule has 0 bridgehead atoms. The Morgan fingerprint density at radius 2 is 1.96 bits per heavy atom. The van der Waals surface area contributed by atoms with Gasteiger partial charge in [0, 0.05) is 11.3 Å². The van der Waals surface area contributed by atoms with Gasteiger partial charge in [0.05, 0.1) is 12.2 Å². The molecule has 1 aromatic heterocycles. The van der Waals surface area contributed by atoms with Gasteiger partial charge >= 0.3 is 0 Å². The molecule has 5 nitrogen and oxygen atoms in total. The van der Waals surface area contributed by atoms with Gasteiger partial charge in [-0.3, -0.25) is 9.89 Å². The predicted molar refractivity (Wildman–Crippen MR) is 99.1 cm³/mol. The molecule has 0 unspecified atom stereocenters. The Morgan fingerprint density at radius 1 is 1.16 bits per heavy atom. The van der Waals surface area contributed by atoms with Crippen molar-refractivity contribution < 1.29 is 9.53 Å². The molecule has 2 aromatic carbocycles. The molecule has 128 valence electrons. The molecular weight excluding hydrogens is 314 g/mol. The standard InChI is InChI=1S/C20H21N3O2/c1-4-25-17-11-6-5-10-16(17)20(24)21-19-18(14(3)22-23-19)15-9-7-8-13(2)12-15/h5-12H,4H2,1-3H3,(H2,21,22,23,24). The molecule has 0 fully saturated rings. The first-order valence-corrected chi connectivity index (χ1v) is 8.25. The van der Waals surface area contributed by atoms with Crippen LogP contribution in [-0.4, -0.2) is 22.7 Å². The SMILES string of the molecule is CCOc1ccccc1C(=O)Nc1n[nH]c(C)c1-c1cccc(C)c1. The molecule has 0 atom stereocenters. The van der Waals surface area contributed by atoms with Gasteiger partial charge in [-0.1, -0.05) is 42.0 Å². The van der Waals surface area contributed by atoms with Crippen molar-refractivity contribution in [3.8, 4) is 16.9 Å². The maximum Gasteiger partial charge on any atom is 0.260 e. The van der Waals surface area contributed by atoms with Gasteiger partial charge in [0.25, 0.3) is 5.91 Å². The van der Waals surface area contributed by atoms with Crippen LogP contribution in [0.3, 0.4) is 0 Å². The maximum atomic E-state index is 12.7. The molecule has 25 heavy (non-hydrogen) atoms. The highest BCUT2D eigenvalue weighted by Crippen LogP contribution is 2.30. The minimum Gasteiger partial charge on any atom is -0.493 e. The van der Waals surface area contributed by atoms with E-state index in [1.54, 1.807) is 12.1 Å². The van der Waals surface area contributed by atoms with Gasteiger partial charge in [0.15, 0.2) is 5.82 Å². The van der Waals surface area contributed by atoms with Gasteiger partial charge in [-0.2, -0.15) is 5.10 Å². The summed E-state index contributed by atoms with van der Waals surface area (Å²) < 4.78 is 5.54. The molecule has 0 aliphatic rings. The molecule has 0 radical (unpaired) electrons. The number of nitrogens with zero attached hydrogens (tertiary/aromatic N) is 1. The van der Waals surface area contributed by atoms with Crippen LogP contribution in [0.1, 0.15) is 28.5 Å². The molecule has 1 amide bonds. The normalized spacial score (nSPS) is 10.5. The zero-order chi connectivity index (χ0) is 17.8. The number of hydrogen-bond donors (Lipinski definition) is 2. The Hall–Kier alpha value is -3.08. The van der Waals surface area contributed by atoms with Crippen LogP contribution >= 0.6 is 0 Å². The number of nitrogens with one attached hydrogen (secondary N) is 2. The number of carbonyl (C=O) groups excluding carboxylic acids is 1. The number of H-pyrrole nitrogens is 1. The van der Waals surface area contributed by atoms with Gasteiger partial charge < -0.3 is 10.1 Å². The number of aromatic nitrogens is 2. The van der Waals surface area contributed by atoms with E-state index in [9.17, 15) is 4.79 Å². The highest BCUT2D eigenvalue weighted by molar-refractivity contribution is 6.07. The fourth-order valence-electron chi connectivity index (χ4n) is 2.78. The summed E-state index contributed by atoms with van der Waals surface area (Å²) in [7, 11) is 0. The number of rotatable bonds is 5. The van der Waals surface area contributed by atoms with Gasteiger partial charge in [-0.15, -0.1) is 0 Å². The number of benzene rings is 2. The molecule has 0 saturated heterocycles. The molecule has 0 spiro atoms. The first kappa shape index (κ1) is 16.8. The fourth-order valence-corrected chi connectivity index (χ4v) is 2.78. The number of para-hydroxylation sites is 1. The zero-order valence-corrected chi connectivity index (χ0v) is 14.6. The van der Waals surface area contributed by atoms with Crippen molar-refractivity contribution in [1.29, 1.82) is 0 Å². The van der Waals surface area contributed by atoms with Crippen LogP contribution in [0, 0.1) is 13.8 Å². The van der Waals surface area contributed by atoms with Crippen molar-refractivity contribution in [2.75, 3.05) is 11.9 Å². The second kappa shape index (κ2) is 7.21. The Kier molecular flexibility index (Phi) is 4.84. The molecule has 2 N–H and O–H groups in total. The van der Waals surface area contributed by atoms with Crippen molar-refractivity contribution in [3.05, 3.63) is 65.4 Å². The van der Waals surface area contributed by atoms with Crippen molar-refractivity contribution >= 4 is 11.7 Å². The van der Waals surface area contributed by atoms with E-state index in [1.165, 1.54) is 0 Å². The van der Waals surface area contributed by atoms with Crippen molar-refractivity contribution in [1.82, 2.24) is 10.2 Å². The van der Waals surface area contributed by atoms with E-state index in [4.69, 9.17) is 4.74 Å². The molecule has 5 heteroatoms. The number of anilines is 1. The van der Waals surface area contributed by atoms with E-state index >= 15 is 0 Å². The lowest BCUT2D eigenvalue weighted by Gasteiger charge is -2.10. The van der Waals surface area contributed by atoms with Crippen LogP contribution in [-0.2, 0) is 0 Å². The lowest BCUT2D eigenvalue weighted by atomic mass is 10.0. The number of ether oxygens (including phenoxy) is 1. The summed E-state index contributed by atoms with van der Waals surface area (Å²) in [5.41, 5.74) is 4.45. The van der Waals surface area contributed by atoms with Crippen molar-refractivity contribution in [3.63, 3.8) is 0 Å². The zero-order valence-electron chi connectivity index (χ0n) is 14.6. The highest BCUT2D eigenvalue weighted by Gasteiger charge is 2.18. The third-order valence-electron chi connectivity index (χ3n) is 3.92. The largest absolute Gasteiger partial charge is 0.493 e. The van der Waals surface area contributed by atoms with Crippen LogP contribution in [0.25, 0.3) is 11.1 Å². The van der Waals surface area contributed by atoms with Crippen LogP contribution in [0.4, 0.5) is 5.82 Å². The van der Waals surface area contributed by atoms with Crippen molar-refractivity contribution in [2.24, 2.45) is 0 Å². The minimum absolute atomic E-state index is 0.246. The Balaban J connectivity index is 1.93. The average molecular weight is 335 g/mol. The summed E-state index contributed by atoms with van der Waals surface area (Å²) >= 11 is 0. The Morgan fingerprint density at radius 3 is 2.72 bits per heavy atom. The molecule has 3 rings (SSSR count). The summed E-state index contributed by atoms with van der Waals surface area (Å²) in [5.74, 6) is 0.829. The Labute approximate surface area is 147 Å². The predicted octanol–water partition coefficient (Wildman–Crippen LogP) is 4.34. The molecule has 1 heterocycles. The molecule has 0 saturated carbocycles. The van der Waals surface area contributed by atoms with Gasteiger partial charge in [0.1, 0.15) is 5.75 Å². The van der Waals surface area contributed by atoms with Gasteiger partial charge in [0.2, 0.25) is 0 Å². The highest BCUT2D eigenvalue weighted by atomic mass is 16.5. The van der Waals surface area contributed by atoms with Crippen LogP contribution in [0.5, 0.6) is 5.75 Å². The monoisotopic (exact) mass is 335 g/mol. The second-order valence-electron chi connectivity index (χ2n) is 5.82. The number of aryl methyl sites for hydroxylation is 2. The maximum absolute atomic E-state index is 12.7. The third kappa shape index (κ3) is 3.55. The fraction of sp³-hybridized carbons (Fsp3) is 0.200. The first-order chi connectivity index (χ1) is 12.1. The summed E-state index contributed by atoms with van der Waals surface area (Å²) in [6, 6.07) is 15.3. The number of aromatic amines is 1. The van der Waals surface area contributed by atoms with Crippen molar-refractivity contribution in [2.45, 2.75) is 20.8 Å². The summed E-state index contributed by atoms with van der Waals surface area (Å²) in [4.78, 5) is 12.7. The van der Waals surface area contributed by atoms with E-state index in [1.807, 2.05) is 51.1 Å². The first-order valence-electron chi connectivity index (χ1n) is 8.25. The van der Waals surface area contributed by atoms with E-state index in [2.05, 4.69) is 21.6 Å². The van der Waals surface area contributed by atoms with E-state index in [-0.39, 0.29) is 5.91 Å². The number of carbonyl (C=O) groups is 1. The average Bonchev–Trinajstić information content (AvgIpc) is 2.96. The second-order valence-corrected chi connectivity index (χ2v) is 5.82. The Bertz CT molecular complexity index is 899. The van der Waals surface area contributed by atoms with Gasteiger partial charge in [-0.25, -0.2) is 0 Å². The lowest BCUT2D eigenvalue weighted by molar-refractivity contribution is 0.102.